The monoisotopic (exact) mass is 195 g/mol. The van der Waals surface area contributed by atoms with Crippen molar-refractivity contribution in [2.45, 2.75) is 19.1 Å². The molecule has 1 atom stereocenters. The van der Waals surface area contributed by atoms with Crippen molar-refractivity contribution in [1.29, 1.82) is 0 Å². The minimum absolute atomic E-state index is 0.0609. The number of carboxylic acid groups (broad SMARTS) is 1. The van der Waals surface area contributed by atoms with Gasteiger partial charge < -0.3 is 15.9 Å². The number of aliphatic hydroxyl groups is 1. The molecule has 0 fully saturated rings. The van der Waals surface area contributed by atoms with Crippen LogP contribution in [0.3, 0.4) is 0 Å². The number of carbonyl (C=O) groups is 1. The second-order valence-electron chi connectivity index (χ2n) is 3.36. The van der Waals surface area contributed by atoms with Crippen LogP contribution in [0.5, 0.6) is 0 Å². The average Bonchev–Trinajstić information content (AvgIpc) is 2.17. The minimum atomic E-state index is -1.38. The summed E-state index contributed by atoms with van der Waals surface area (Å²) in [6.07, 6.45) is 0. The van der Waals surface area contributed by atoms with Crippen LogP contribution in [0.25, 0.3) is 0 Å². The number of hydrogen-bond donors (Lipinski definition) is 3. The van der Waals surface area contributed by atoms with Crippen molar-refractivity contribution >= 4 is 5.97 Å². The molecule has 0 radical (unpaired) electrons. The molecular weight excluding hydrogens is 182 g/mol. The fourth-order valence-corrected chi connectivity index (χ4v) is 1.08. The molecule has 0 aliphatic carbocycles. The summed E-state index contributed by atoms with van der Waals surface area (Å²) in [6.45, 7) is 1.37. The SMILES string of the molecule is C[C@@](N)(C(=O)O)c1ccc(CO)cc1. The van der Waals surface area contributed by atoms with Gasteiger partial charge >= 0.3 is 5.97 Å². The van der Waals surface area contributed by atoms with Crippen molar-refractivity contribution < 1.29 is 15.0 Å². The molecule has 4 heteroatoms. The van der Waals surface area contributed by atoms with Gasteiger partial charge in [-0.1, -0.05) is 24.3 Å². The molecule has 0 unspecified atom stereocenters. The second-order valence-corrected chi connectivity index (χ2v) is 3.36. The lowest BCUT2D eigenvalue weighted by atomic mass is 9.93. The summed E-state index contributed by atoms with van der Waals surface area (Å²) in [6, 6.07) is 6.53. The Labute approximate surface area is 82.0 Å². The van der Waals surface area contributed by atoms with Crippen LogP contribution in [0.15, 0.2) is 24.3 Å². The smallest absolute Gasteiger partial charge is 0.328 e. The summed E-state index contributed by atoms with van der Waals surface area (Å²) < 4.78 is 0. The third-order valence-electron chi connectivity index (χ3n) is 2.18. The van der Waals surface area contributed by atoms with Gasteiger partial charge in [0.25, 0.3) is 0 Å². The van der Waals surface area contributed by atoms with Crippen molar-refractivity contribution in [3.63, 3.8) is 0 Å². The first-order valence-corrected chi connectivity index (χ1v) is 4.21. The van der Waals surface area contributed by atoms with E-state index < -0.39 is 11.5 Å². The van der Waals surface area contributed by atoms with Gasteiger partial charge in [0.15, 0.2) is 0 Å². The van der Waals surface area contributed by atoms with E-state index in [9.17, 15) is 4.79 Å². The standard InChI is InChI=1S/C10H13NO3/c1-10(11,9(13)14)8-4-2-7(6-12)3-5-8/h2-5,12H,6,11H2,1H3,(H,13,14)/t10-/m0/s1. The highest BCUT2D eigenvalue weighted by molar-refractivity contribution is 5.79. The highest BCUT2D eigenvalue weighted by atomic mass is 16.4. The van der Waals surface area contributed by atoms with Crippen molar-refractivity contribution in [3.8, 4) is 0 Å². The molecule has 0 aliphatic heterocycles. The van der Waals surface area contributed by atoms with Crippen LogP contribution in [0, 0.1) is 0 Å². The van der Waals surface area contributed by atoms with Crippen LogP contribution in [0.2, 0.25) is 0 Å². The van der Waals surface area contributed by atoms with E-state index >= 15 is 0 Å². The minimum Gasteiger partial charge on any atom is -0.480 e. The second kappa shape index (κ2) is 3.77. The highest BCUT2D eigenvalue weighted by Gasteiger charge is 2.29. The normalized spacial score (nSPS) is 14.8. The summed E-state index contributed by atoms with van der Waals surface area (Å²) in [7, 11) is 0. The molecular formula is C10H13NO3. The molecule has 0 heterocycles. The molecule has 0 aromatic heterocycles. The fraction of sp³-hybridized carbons (Fsp3) is 0.300. The van der Waals surface area contributed by atoms with Gasteiger partial charge in [0.2, 0.25) is 0 Å². The topological polar surface area (TPSA) is 83.6 Å². The zero-order chi connectivity index (χ0) is 10.8. The Bertz CT molecular complexity index is 330. The van der Waals surface area contributed by atoms with E-state index in [0.29, 0.717) is 5.56 Å². The third kappa shape index (κ3) is 1.92. The lowest BCUT2D eigenvalue weighted by Crippen LogP contribution is -2.41. The Kier molecular flexibility index (Phi) is 2.88. The molecule has 0 bridgehead atoms. The molecule has 0 saturated heterocycles. The van der Waals surface area contributed by atoms with Gasteiger partial charge in [0.1, 0.15) is 5.54 Å². The molecule has 0 saturated carbocycles. The van der Waals surface area contributed by atoms with Crippen LogP contribution in [-0.4, -0.2) is 16.2 Å². The molecule has 0 aliphatic rings. The van der Waals surface area contributed by atoms with Crippen LogP contribution in [-0.2, 0) is 16.9 Å². The quantitative estimate of drug-likeness (QED) is 0.653. The van der Waals surface area contributed by atoms with E-state index in [0.717, 1.165) is 5.56 Å². The zero-order valence-electron chi connectivity index (χ0n) is 7.90. The van der Waals surface area contributed by atoms with Crippen LogP contribution >= 0.6 is 0 Å². The van der Waals surface area contributed by atoms with Gasteiger partial charge in [-0.3, -0.25) is 0 Å². The van der Waals surface area contributed by atoms with E-state index in [2.05, 4.69) is 0 Å². The number of hydrogen-bond acceptors (Lipinski definition) is 3. The lowest BCUT2D eigenvalue weighted by molar-refractivity contribution is -0.143. The Morgan fingerprint density at radius 3 is 2.29 bits per heavy atom. The van der Waals surface area contributed by atoms with E-state index in [1.165, 1.54) is 6.92 Å². The molecule has 1 rings (SSSR count). The molecule has 0 amide bonds. The molecule has 1 aromatic rings. The predicted molar refractivity (Wildman–Crippen MR) is 51.5 cm³/mol. The predicted octanol–water partition coefficient (Wildman–Crippen LogP) is 0.437. The molecule has 4 N–H and O–H groups in total. The zero-order valence-corrected chi connectivity index (χ0v) is 7.90. The maximum atomic E-state index is 10.8. The summed E-state index contributed by atoms with van der Waals surface area (Å²) >= 11 is 0. The van der Waals surface area contributed by atoms with Gasteiger partial charge in [-0.05, 0) is 18.1 Å². The number of rotatable bonds is 3. The molecule has 1 aromatic carbocycles. The number of aliphatic hydroxyl groups excluding tert-OH is 1. The fourth-order valence-electron chi connectivity index (χ4n) is 1.08. The van der Waals surface area contributed by atoms with E-state index in [4.69, 9.17) is 15.9 Å². The Morgan fingerprint density at radius 1 is 1.43 bits per heavy atom. The van der Waals surface area contributed by atoms with Crippen molar-refractivity contribution in [3.05, 3.63) is 35.4 Å². The van der Waals surface area contributed by atoms with Gasteiger partial charge in [-0.15, -0.1) is 0 Å². The van der Waals surface area contributed by atoms with Crippen LogP contribution in [0.1, 0.15) is 18.1 Å². The Morgan fingerprint density at radius 2 is 1.93 bits per heavy atom. The van der Waals surface area contributed by atoms with Crippen LogP contribution < -0.4 is 5.73 Å². The number of nitrogens with two attached hydrogens (primary N) is 1. The van der Waals surface area contributed by atoms with Crippen molar-refractivity contribution in [1.82, 2.24) is 0 Å². The summed E-state index contributed by atoms with van der Waals surface area (Å²) in [5, 5.41) is 17.6. The first-order chi connectivity index (χ1) is 6.48. The van der Waals surface area contributed by atoms with Crippen LogP contribution in [0.4, 0.5) is 0 Å². The maximum absolute atomic E-state index is 10.8. The Balaban J connectivity index is 3.02. The summed E-state index contributed by atoms with van der Waals surface area (Å²) in [5.74, 6) is -1.07. The van der Waals surface area contributed by atoms with E-state index in [1.54, 1.807) is 24.3 Å². The maximum Gasteiger partial charge on any atom is 0.328 e. The number of aliphatic carboxylic acids is 1. The third-order valence-corrected chi connectivity index (χ3v) is 2.18. The van der Waals surface area contributed by atoms with E-state index in [-0.39, 0.29) is 6.61 Å². The summed E-state index contributed by atoms with van der Waals surface area (Å²) in [4.78, 5) is 10.8. The summed E-state index contributed by atoms with van der Waals surface area (Å²) in [5.41, 5.74) is 5.48. The Hall–Kier alpha value is -1.39. The number of benzene rings is 1. The van der Waals surface area contributed by atoms with E-state index in [1.807, 2.05) is 0 Å². The van der Waals surface area contributed by atoms with Crippen molar-refractivity contribution in [2.75, 3.05) is 0 Å². The average molecular weight is 195 g/mol. The lowest BCUT2D eigenvalue weighted by Gasteiger charge is -2.19. The van der Waals surface area contributed by atoms with Gasteiger partial charge in [-0.2, -0.15) is 0 Å². The number of carboxylic acids is 1. The largest absolute Gasteiger partial charge is 0.480 e. The molecule has 4 nitrogen and oxygen atoms in total. The van der Waals surface area contributed by atoms with Gasteiger partial charge in [0.05, 0.1) is 6.61 Å². The van der Waals surface area contributed by atoms with Gasteiger partial charge in [0, 0.05) is 0 Å². The molecule has 76 valence electrons. The highest BCUT2D eigenvalue weighted by Crippen LogP contribution is 2.18. The van der Waals surface area contributed by atoms with Crippen molar-refractivity contribution in [2.24, 2.45) is 5.73 Å². The molecule has 0 spiro atoms. The first-order valence-electron chi connectivity index (χ1n) is 4.21. The van der Waals surface area contributed by atoms with Gasteiger partial charge in [-0.25, -0.2) is 4.79 Å². The molecule has 14 heavy (non-hydrogen) atoms. The first kappa shape index (κ1) is 10.7.